The highest BCUT2D eigenvalue weighted by molar-refractivity contribution is 5.76. The summed E-state index contributed by atoms with van der Waals surface area (Å²) in [7, 11) is 0. The Kier molecular flexibility index (Phi) is 4.59. The van der Waals surface area contributed by atoms with Crippen LogP contribution in [-0.2, 0) is 17.6 Å². The summed E-state index contributed by atoms with van der Waals surface area (Å²) in [5.41, 5.74) is 8.46. The van der Waals surface area contributed by atoms with Crippen LogP contribution in [0.4, 0.5) is 0 Å². The van der Waals surface area contributed by atoms with Gasteiger partial charge in [-0.05, 0) is 68.5 Å². The molecule has 1 aromatic rings. The van der Waals surface area contributed by atoms with Gasteiger partial charge in [0.05, 0.1) is 0 Å². The van der Waals surface area contributed by atoms with Gasteiger partial charge in [0, 0.05) is 12.0 Å². The molecule has 0 aliphatic heterocycles. The number of nitrogens with one attached hydrogen (secondary N) is 1. The number of aryl methyl sites for hydroxylation is 1. The molecule has 1 fully saturated rings. The quantitative estimate of drug-likeness (QED) is 0.893. The van der Waals surface area contributed by atoms with Crippen LogP contribution in [0.2, 0.25) is 0 Å². The molecule has 2 aliphatic carbocycles. The van der Waals surface area contributed by atoms with Gasteiger partial charge < -0.3 is 11.1 Å². The molecule has 0 spiro atoms. The summed E-state index contributed by atoms with van der Waals surface area (Å²) in [5, 5.41) is 3.73. The van der Waals surface area contributed by atoms with Gasteiger partial charge in [0.15, 0.2) is 0 Å². The van der Waals surface area contributed by atoms with Crippen molar-refractivity contribution in [3.05, 3.63) is 35.4 Å². The minimum Gasteiger partial charge on any atom is -0.369 e. The van der Waals surface area contributed by atoms with Crippen LogP contribution >= 0.6 is 0 Å². The molecule has 0 saturated heterocycles. The van der Waals surface area contributed by atoms with E-state index in [-0.39, 0.29) is 11.8 Å². The largest absolute Gasteiger partial charge is 0.369 e. The van der Waals surface area contributed by atoms with E-state index in [4.69, 9.17) is 5.73 Å². The van der Waals surface area contributed by atoms with Crippen LogP contribution in [0.3, 0.4) is 0 Å². The summed E-state index contributed by atoms with van der Waals surface area (Å²) in [5.74, 6) is 0.760. The van der Waals surface area contributed by atoms with Gasteiger partial charge in [0.1, 0.15) is 0 Å². The van der Waals surface area contributed by atoms with Crippen LogP contribution in [0.15, 0.2) is 24.3 Å². The lowest BCUT2D eigenvalue weighted by molar-refractivity contribution is -0.122. The number of amides is 1. The molecule has 1 aromatic carbocycles. The van der Waals surface area contributed by atoms with E-state index >= 15 is 0 Å². The summed E-state index contributed by atoms with van der Waals surface area (Å²) >= 11 is 0. The third-order valence-corrected chi connectivity index (χ3v) is 5.27. The van der Waals surface area contributed by atoms with Crippen molar-refractivity contribution in [2.75, 3.05) is 6.54 Å². The molecule has 0 aromatic heterocycles. The molecule has 1 unspecified atom stereocenters. The van der Waals surface area contributed by atoms with Gasteiger partial charge in [-0.15, -0.1) is 0 Å². The third kappa shape index (κ3) is 3.65. The minimum atomic E-state index is -0.114. The number of carbonyl (C=O) groups is 1. The number of benzene rings is 1. The van der Waals surface area contributed by atoms with Crippen molar-refractivity contribution in [2.24, 2.45) is 17.6 Å². The van der Waals surface area contributed by atoms with Crippen LogP contribution in [0.25, 0.3) is 0 Å². The lowest BCUT2D eigenvalue weighted by Gasteiger charge is -2.30. The molecule has 0 heterocycles. The van der Waals surface area contributed by atoms with Crippen LogP contribution in [0.5, 0.6) is 0 Å². The van der Waals surface area contributed by atoms with Crippen molar-refractivity contribution in [3.63, 3.8) is 0 Å². The van der Waals surface area contributed by atoms with Crippen molar-refractivity contribution in [1.82, 2.24) is 5.32 Å². The topological polar surface area (TPSA) is 55.1 Å². The fourth-order valence-electron chi connectivity index (χ4n) is 3.86. The highest BCUT2D eigenvalue weighted by Crippen LogP contribution is 2.27. The third-order valence-electron chi connectivity index (χ3n) is 5.27. The average Bonchev–Trinajstić information content (AvgIpc) is 2.53. The minimum absolute atomic E-state index is 0.114. The summed E-state index contributed by atoms with van der Waals surface area (Å²) in [6.45, 7) is 1.11. The number of hydrogen-bond acceptors (Lipinski definition) is 2. The summed E-state index contributed by atoms with van der Waals surface area (Å²) < 4.78 is 0. The Labute approximate surface area is 127 Å². The summed E-state index contributed by atoms with van der Waals surface area (Å²) in [6.07, 6.45) is 7.83. The molecular formula is C18H26N2O. The van der Waals surface area contributed by atoms with E-state index in [1.165, 1.54) is 30.4 Å². The fourth-order valence-corrected chi connectivity index (χ4v) is 3.86. The van der Waals surface area contributed by atoms with E-state index in [2.05, 4.69) is 29.6 Å². The first-order chi connectivity index (χ1) is 10.2. The lowest BCUT2D eigenvalue weighted by Crippen LogP contribution is -2.39. The maximum absolute atomic E-state index is 11.2. The standard InChI is InChI=1S/C18H26N2O/c19-18(21)15-7-9-17(10-8-15)20-12-13-5-6-14-3-1-2-4-16(14)11-13/h1-4,13,15,17,20H,5-12H2,(H2,19,21). The highest BCUT2D eigenvalue weighted by Gasteiger charge is 2.25. The number of nitrogens with two attached hydrogens (primary N) is 1. The number of rotatable bonds is 4. The second-order valence-corrected chi connectivity index (χ2v) is 6.74. The summed E-state index contributed by atoms with van der Waals surface area (Å²) in [6, 6.07) is 9.43. The molecule has 3 heteroatoms. The fraction of sp³-hybridized carbons (Fsp3) is 0.611. The van der Waals surface area contributed by atoms with E-state index in [1.54, 1.807) is 0 Å². The zero-order valence-electron chi connectivity index (χ0n) is 12.7. The van der Waals surface area contributed by atoms with Crippen LogP contribution in [0.1, 0.15) is 43.2 Å². The van der Waals surface area contributed by atoms with E-state index < -0.39 is 0 Å². The van der Waals surface area contributed by atoms with E-state index in [0.29, 0.717) is 6.04 Å². The number of primary amides is 1. The van der Waals surface area contributed by atoms with Crippen LogP contribution in [-0.4, -0.2) is 18.5 Å². The molecule has 1 saturated carbocycles. The Morgan fingerprint density at radius 3 is 2.52 bits per heavy atom. The Morgan fingerprint density at radius 1 is 1.10 bits per heavy atom. The van der Waals surface area contributed by atoms with Crippen molar-refractivity contribution in [1.29, 1.82) is 0 Å². The molecule has 3 nitrogen and oxygen atoms in total. The maximum Gasteiger partial charge on any atom is 0.220 e. The van der Waals surface area contributed by atoms with E-state index in [9.17, 15) is 4.79 Å². The Hall–Kier alpha value is -1.35. The zero-order valence-corrected chi connectivity index (χ0v) is 12.7. The molecule has 0 radical (unpaired) electrons. The Morgan fingerprint density at radius 2 is 1.81 bits per heavy atom. The second kappa shape index (κ2) is 6.61. The molecule has 0 bridgehead atoms. The molecule has 1 amide bonds. The highest BCUT2D eigenvalue weighted by atomic mass is 16.1. The van der Waals surface area contributed by atoms with Gasteiger partial charge in [-0.3, -0.25) is 4.79 Å². The van der Waals surface area contributed by atoms with Gasteiger partial charge in [-0.1, -0.05) is 24.3 Å². The van der Waals surface area contributed by atoms with Crippen molar-refractivity contribution < 1.29 is 4.79 Å². The van der Waals surface area contributed by atoms with Gasteiger partial charge in [-0.2, -0.15) is 0 Å². The SMILES string of the molecule is NC(=O)C1CCC(NCC2CCc3ccccc3C2)CC1. The molecule has 2 aliphatic rings. The zero-order chi connectivity index (χ0) is 14.7. The average molecular weight is 286 g/mol. The Bertz CT molecular complexity index is 492. The first-order valence-electron chi connectivity index (χ1n) is 8.32. The first kappa shape index (κ1) is 14.6. The van der Waals surface area contributed by atoms with Gasteiger partial charge in [0.25, 0.3) is 0 Å². The second-order valence-electron chi connectivity index (χ2n) is 6.74. The smallest absolute Gasteiger partial charge is 0.220 e. The van der Waals surface area contributed by atoms with Crippen LogP contribution in [0, 0.1) is 11.8 Å². The predicted molar refractivity (Wildman–Crippen MR) is 84.9 cm³/mol. The monoisotopic (exact) mass is 286 g/mol. The maximum atomic E-state index is 11.2. The first-order valence-corrected chi connectivity index (χ1v) is 8.32. The molecule has 3 N–H and O–H groups in total. The molecule has 114 valence electrons. The molecule has 3 rings (SSSR count). The molecule has 1 atom stereocenters. The van der Waals surface area contributed by atoms with Gasteiger partial charge in [0.2, 0.25) is 5.91 Å². The van der Waals surface area contributed by atoms with Crippen molar-refractivity contribution >= 4 is 5.91 Å². The Balaban J connectivity index is 1.44. The number of hydrogen-bond donors (Lipinski definition) is 2. The predicted octanol–water partition coefficient (Wildman–Crippen LogP) is 2.43. The normalized spacial score (nSPS) is 28.9. The molecule has 21 heavy (non-hydrogen) atoms. The number of carbonyl (C=O) groups excluding carboxylic acids is 1. The van der Waals surface area contributed by atoms with Gasteiger partial charge >= 0.3 is 0 Å². The van der Waals surface area contributed by atoms with Crippen molar-refractivity contribution in [3.8, 4) is 0 Å². The molecular weight excluding hydrogens is 260 g/mol. The van der Waals surface area contributed by atoms with Crippen molar-refractivity contribution in [2.45, 2.75) is 51.0 Å². The summed E-state index contributed by atoms with van der Waals surface area (Å²) in [4.78, 5) is 11.2. The van der Waals surface area contributed by atoms with E-state index in [0.717, 1.165) is 38.1 Å². The lowest BCUT2D eigenvalue weighted by atomic mass is 9.82. The van der Waals surface area contributed by atoms with E-state index in [1.807, 2.05) is 0 Å². The number of fused-ring (bicyclic) bond motifs is 1. The van der Waals surface area contributed by atoms with Crippen LogP contribution < -0.4 is 11.1 Å². The van der Waals surface area contributed by atoms with Gasteiger partial charge in [-0.25, -0.2) is 0 Å².